The van der Waals surface area contributed by atoms with E-state index in [1.165, 1.54) is 0 Å². The molecular formula is C12H13N7S. The molecule has 4 rings (SSSR count). The number of thiazole rings is 1. The molecule has 0 amide bonds. The molecular weight excluding hydrogens is 274 g/mol. The summed E-state index contributed by atoms with van der Waals surface area (Å²) in [6.07, 6.45) is 5.37. The van der Waals surface area contributed by atoms with E-state index in [2.05, 4.69) is 30.4 Å². The van der Waals surface area contributed by atoms with Gasteiger partial charge in [-0.2, -0.15) is 0 Å². The number of hydrogen-bond acceptors (Lipinski definition) is 7. The fraction of sp³-hybridized carbons (Fsp3) is 0.333. The van der Waals surface area contributed by atoms with Crippen LogP contribution in [0.1, 0.15) is 0 Å². The second-order valence-corrected chi connectivity index (χ2v) is 5.46. The van der Waals surface area contributed by atoms with Crippen LogP contribution < -0.4 is 10.2 Å². The molecule has 0 unspecified atom stereocenters. The van der Waals surface area contributed by atoms with Crippen molar-refractivity contribution >= 4 is 22.8 Å². The van der Waals surface area contributed by atoms with Gasteiger partial charge in [-0.15, -0.1) is 21.5 Å². The van der Waals surface area contributed by atoms with Crippen molar-refractivity contribution in [2.75, 3.05) is 31.1 Å². The van der Waals surface area contributed by atoms with E-state index in [9.17, 15) is 0 Å². The normalized spacial score (nSPS) is 15.9. The standard InChI is InChI=1S/C12H13N7S/c1-4-18(5-2-13-1)10-11-17-16-8-19(11)9(7-15-10)12-14-3-6-20-12/h3,6-8,13H,1-2,4-5H2. The van der Waals surface area contributed by atoms with Crippen LogP contribution in [0.5, 0.6) is 0 Å². The first kappa shape index (κ1) is 11.7. The third-order valence-electron chi connectivity index (χ3n) is 3.38. The third-order valence-corrected chi connectivity index (χ3v) is 4.18. The summed E-state index contributed by atoms with van der Waals surface area (Å²) in [5, 5.41) is 14.5. The van der Waals surface area contributed by atoms with Crippen LogP contribution >= 0.6 is 11.3 Å². The van der Waals surface area contributed by atoms with E-state index < -0.39 is 0 Å². The van der Waals surface area contributed by atoms with Crippen molar-refractivity contribution in [2.45, 2.75) is 0 Å². The van der Waals surface area contributed by atoms with Gasteiger partial charge >= 0.3 is 0 Å². The lowest BCUT2D eigenvalue weighted by Gasteiger charge is -2.28. The Morgan fingerprint density at radius 1 is 1.20 bits per heavy atom. The van der Waals surface area contributed by atoms with Gasteiger partial charge in [-0.25, -0.2) is 9.97 Å². The molecule has 1 N–H and O–H groups in total. The smallest absolute Gasteiger partial charge is 0.204 e. The summed E-state index contributed by atoms with van der Waals surface area (Å²) < 4.78 is 1.96. The van der Waals surface area contributed by atoms with Gasteiger partial charge in [-0.1, -0.05) is 0 Å². The molecule has 0 aliphatic carbocycles. The van der Waals surface area contributed by atoms with Crippen molar-refractivity contribution < 1.29 is 0 Å². The number of aromatic nitrogens is 5. The molecule has 8 heteroatoms. The molecule has 1 fully saturated rings. The van der Waals surface area contributed by atoms with Gasteiger partial charge in [0, 0.05) is 37.8 Å². The maximum absolute atomic E-state index is 4.60. The zero-order chi connectivity index (χ0) is 13.4. The molecule has 0 radical (unpaired) electrons. The lowest BCUT2D eigenvalue weighted by molar-refractivity contribution is 0.585. The summed E-state index contributed by atoms with van der Waals surface area (Å²) in [6, 6.07) is 0. The van der Waals surface area contributed by atoms with Gasteiger partial charge in [0.1, 0.15) is 17.0 Å². The maximum atomic E-state index is 4.60. The van der Waals surface area contributed by atoms with Crippen LogP contribution in [0.3, 0.4) is 0 Å². The van der Waals surface area contributed by atoms with Crippen molar-refractivity contribution in [3.8, 4) is 10.7 Å². The predicted octanol–water partition coefficient (Wildman–Crippen LogP) is 0.657. The van der Waals surface area contributed by atoms with E-state index in [1.807, 2.05) is 16.0 Å². The van der Waals surface area contributed by atoms with Gasteiger partial charge in [0.25, 0.3) is 0 Å². The summed E-state index contributed by atoms with van der Waals surface area (Å²) in [5.74, 6) is 0.893. The minimum atomic E-state index is 0.791. The van der Waals surface area contributed by atoms with E-state index in [1.54, 1.807) is 23.9 Å². The molecule has 1 saturated heterocycles. The lowest BCUT2D eigenvalue weighted by Crippen LogP contribution is -2.44. The van der Waals surface area contributed by atoms with Gasteiger partial charge in [0.15, 0.2) is 5.82 Å². The van der Waals surface area contributed by atoms with Gasteiger partial charge in [-0.05, 0) is 0 Å². The molecule has 0 saturated carbocycles. The van der Waals surface area contributed by atoms with Gasteiger partial charge < -0.3 is 10.2 Å². The van der Waals surface area contributed by atoms with Crippen LogP contribution in [0.25, 0.3) is 16.3 Å². The first-order valence-electron chi connectivity index (χ1n) is 6.48. The van der Waals surface area contributed by atoms with Crippen molar-refractivity contribution in [1.82, 2.24) is 29.9 Å². The first-order valence-corrected chi connectivity index (χ1v) is 7.36. The Morgan fingerprint density at radius 3 is 2.90 bits per heavy atom. The Kier molecular flexibility index (Phi) is 2.82. The molecule has 1 aliphatic heterocycles. The largest absolute Gasteiger partial charge is 0.351 e. The highest BCUT2D eigenvalue weighted by Crippen LogP contribution is 2.25. The van der Waals surface area contributed by atoms with Crippen LogP contribution in [0, 0.1) is 0 Å². The van der Waals surface area contributed by atoms with E-state index in [4.69, 9.17) is 0 Å². The summed E-state index contributed by atoms with van der Waals surface area (Å²) >= 11 is 1.58. The first-order chi connectivity index (χ1) is 9.93. The molecule has 3 aromatic rings. The van der Waals surface area contributed by atoms with Gasteiger partial charge in [0.2, 0.25) is 5.65 Å². The average Bonchev–Trinajstić information content (AvgIpc) is 3.18. The number of rotatable bonds is 2. The quantitative estimate of drug-likeness (QED) is 0.746. The highest BCUT2D eigenvalue weighted by atomic mass is 32.1. The Balaban J connectivity index is 1.85. The van der Waals surface area contributed by atoms with Crippen molar-refractivity contribution in [3.63, 3.8) is 0 Å². The maximum Gasteiger partial charge on any atom is 0.204 e. The number of hydrogen-bond donors (Lipinski definition) is 1. The predicted molar refractivity (Wildman–Crippen MR) is 77.0 cm³/mol. The highest BCUT2D eigenvalue weighted by Gasteiger charge is 2.18. The molecule has 0 aromatic carbocycles. The van der Waals surface area contributed by atoms with Crippen molar-refractivity contribution in [1.29, 1.82) is 0 Å². The van der Waals surface area contributed by atoms with Gasteiger partial charge in [-0.3, -0.25) is 4.40 Å². The number of nitrogens with zero attached hydrogens (tertiary/aromatic N) is 6. The summed E-state index contributed by atoms with van der Waals surface area (Å²) in [6.45, 7) is 3.81. The minimum Gasteiger partial charge on any atom is -0.351 e. The minimum absolute atomic E-state index is 0.791. The molecule has 1 aliphatic rings. The Bertz CT molecular complexity index is 715. The van der Waals surface area contributed by atoms with E-state index in [-0.39, 0.29) is 0 Å². The van der Waals surface area contributed by atoms with Crippen LogP contribution in [0.2, 0.25) is 0 Å². The molecule has 0 atom stereocenters. The van der Waals surface area contributed by atoms with Crippen molar-refractivity contribution in [3.05, 3.63) is 24.1 Å². The van der Waals surface area contributed by atoms with Crippen LogP contribution in [-0.2, 0) is 0 Å². The molecule has 0 spiro atoms. The monoisotopic (exact) mass is 287 g/mol. The Labute approximate surface area is 119 Å². The van der Waals surface area contributed by atoms with Crippen LogP contribution in [0.4, 0.5) is 5.82 Å². The zero-order valence-electron chi connectivity index (χ0n) is 10.7. The molecule has 4 heterocycles. The number of piperazine rings is 1. The fourth-order valence-corrected chi connectivity index (χ4v) is 3.06. The number of nitrogens with one attached hydrogen (secondary N) is 1. The van der Waals surface area contributed by atoms with Crippen LogP contribution in [-0.4, -0.2) is 50.7 Å². The summed E-state index contributed by atoms with van der Waals surface area (Å²) in [4.78, 5) is 11.2. The topological polar surface area (TPSA) is 71.2 Å². The summed E-state index contributed by atoms with van der Waals surface area (Å²) in [5.41, 5.74) is 1.72. The Hall–Kier alpha value is -2.06. The SMILES string of the molecule is c1csc(-c2cnc(N3CCNCC3)c3nncn23)n1. The third kappa shape index (κ3) is 1.84. The Morgan fingerprint density at radius 2 is 2.10 bits per heavy atom. The molecule has 102 valence electrons. The average molecular weight is 287 g/mol. The second-order valence-electron chi connectivity index (χ2n) is 4.57. The van der Waals surface area contributed by atoms with E-state index >= 15 is 0 Å². The molecule has 7 nitrogen and oxygen atoms in total. The number of anilines is 1. The van der Waals surface area contributed by atoms with Crippen molar-refractivity contribution in [2.24, 2.45) is 0 Å². The second kappa shape index (κ2) is 4.80. The molecule has 3 aromatic heterocycles. The highest BCUT2D eigenvalue weighted by molar-refractivity contribution is 7.13. The lowest BCUT2D eigenvalue weighted by atomic mass is 10.3. The zero-order valence-corrected chi connectivity index (χ0v) is 11.5. The number of fused-ring (bicyclic) bond motifs is 1. The fourth-order valence-electron chi connectivity index (χ4n) is 2.41. The van der Waals surface area contributed by atoms with Crippen LogP contribution in [0.15, 0.2) is 24.1 Å². The van der Waals surface area contributed by atoms with Gasteiger partial charge in [0.05, 0.1) is 6.20 Å². The molecule has 0 bridgehead atoms. The van der Waals surface area contributed by atoms with E-state index in [0.29, 0.717) is 0 Å². The van der Waals surface area contributed by atoms with E-state index in [0.717, 1.165) is 48.3 Å². The molecule has 20 heavy (non-hydrogen) atoms. The summed E-state index contributed by atoms with van der Waals surface area (Å²) in [7, 11) is 0.